The summed E-state index contributed by atoms with van der Waals surface area (Å²) < 4.78 is 13.8. The number of hydrogen-bond donors (Lipinski definition) is 7. The number of H-pyrrole nitrogens is 1. The van der Waals surface area contributed by atoms with Gasteiger partial charge in [-0.05, 0) is 19.4 Å². The summed E-state index contributed by atoms with van der Waals surface area (Å²) in [5.41, 5.74) is 4.49. The molecule has 0 saturated carbocycles. The van der Waals surface area contributed by atoms with E-state index in [1.165, 1.54) is 24.9 Å². The van der Waals surface area contributed by atoms with Crippen LogP contribution in [-0.2, 0) is 23.7 Å². The summed E-state index contributed by atoms with van der Waals surface area (Å²) in [6.07, 6.45) is 7.47. The Kier molecular flexibility index (Phi) is 18.0. The van der Waals surface area contributed by atoms with Gasteiger partial charge >= 0.3 is 0 Å². The topological polar surface area (TPSA) is 382 Å². The summed E-state index contributed by atoms with van der Waals surface area (Å²) in [7, 11) is 3.47. The molecule has 9 N–H and O–H groups in total. The second-order valence-corrected chi connectivity index (χ2v) is 15.1. The predicted octanol–water partition coefficient (Wildman–Crippen LogP) is 4.70. The van der Waals surface area contributed by atoms with E-state index >= 15 is 0 Å². The number of hydrogen-bond acceptors (Lipinski definition) is 18. The maximum atomic E-state index is 12.8. The van der Waals surface area contributed by atoms with Crippen molar-refractivity contribution in [3.63, 3.8) is 0 Å². The zero-order valence-corrected chi connectivity index (χ0v) is 39.5. The van der Waals surface area contributed by atoms with E-state index in [0.717, 1.165) is 25.1 Å². The lowest BCUT2D eigenvalue weighted by atomic mass is 10.1. The van der Waals surface area contributed by atoms with E-state index in [0.29, 0.717) is 44.9 Å². The summed E-state index contributed by atoms with van der Waals surface area (Å²) >= 11 is 0. The molecular formula is C46H48N16O10. The lowest BCUT2D eigenvalue weighted by Gasteiger charge is -2.10. The third kappa shape index (κ3) is 13.7. The standard InChI is InChI=1S/C21H18N8O2.C21H19N7O4.2C2H4O2.H3N/c1-12(26-21(30)18-14-9-25-29(2)20(14)24-11-23-18)17-8-15(28-31-17)19-22-10-16(27-19)13-6-4-3-5-7-13;1-12(26-21(31)18-14-9-25-28(2)19(14)24-11-23-18)17-8-15(27-32-17)20(30)22-10-16(29)13-6-4-3-5-7-13;2*1-2(3)4;/h3-12H,1-2H3,(H,22,27)(H,26,30);3-9,11-12H,10H2,1-2H3,(H,22,30)(H,26,31);2*1H3,(H,3,4);1H3/t2*12-;;;/m11.../s1. The molecule has 26 nitrogen and oxygen atoms in total. The van der Waals surface area contributed by atoms with E-state index < -0.39 is 35.8 Å². The number of nitrogens with one attached hydrogen (secondary N) is 4. The number of aromatic nitrogens is 12. The summed E-state index contributed by atoms with van der Waals surface area (Å²) in [4.78, 5) is 91.9. The zero-order chi connectivity index (χ0) is 51.2. The number of rotatable bonds is 12. The molecule has 26 heteroatoms. The van der Waals surface area contributed by atoms with Gasteiger partial charge in [-0.2, -0.15) is 10.2 Å². The van der Waals surface area contributed by atoms with Crippen molar-refractivity contribution in [2.45, 2.75) is 39.8 Å². The first kappa shape index (κ1) is 53.1. The van der Waals surface area contributed by atoms with Crippen molar-refractivity contribution in [1.82, 2.24) is 81.9 Å². The molecule has 3 amide bonds. The number of aromatic amines is 1. The maximum absolute atomic E-state index is 12.8. The lowest BCUT2D eigenvalue weighted by Crippen LogP contribution is -2.29. The molecule has 372 valence electrons. The number of carbonyl (C=O) groups is 6. The van der Waals surface area contributed by atoms with Crippen LogP contribution in [0.15, 0.2) is 113 Å². The summed E-state index contributed by atoms with van der Waals surface area (Å²) in [5.74, 6) is -1.90. The van der Waals surface area contributed by atoms with Crippen LogP contribution in [0.5, 0.6) is 0 Å². The van der Waals surface area contributed by atoms with E-state index in [1.54, 1.807) is 86.1 Å². The smallest absolute Gasteiger partial charge is 0.300 e. The number of Topliss-reactive ketones (excluding diaryl/α,β-unsaturated/α-hetero) is 1. The Hall–Kier alpha value is -9.85. The molecular weight excluding hydrogens is 937 g/mol. The number of carboxylic acid groups (broad SMARTS) is 2. The third-order valence-electron chi connectivity index (χ3n) is 9.74. The molecule has 72 heavy (non-hydrogen) atoms. The van der Waals surface area contributed by atoms with Crippen LogP contribution in [0, 0.1) is 0 Å². The highest BCUT2D eigenvalue weighted by Crippen LogP contribution is 2.25. The first-order chi connectivity index (χ1) is 34.0. The predicted molar refractivity (Wildman–Crippen MR) is 255 cm³/mol. The van der Waals surface area contributed by atoms with E-state index in [1.807, 2.05) is 30.3 Å². The molecule has 2 aromatic carbocycles. The number of aryl methyl sites for hydroxylation is 2. The molecule has 0 radical (unpaired) electrons. The molecule has 0 saturated heterocycles. The van der Waals surface area contributed by atoms with Crippen LogP contribution >= 0.6 is 0 Å². The first-order valence-corrected chi connectivity index (χ1v) is 21.2. The van der Waals surface area contributed by atoms with Crippen molar-refractivity contribution in [1.29, 1.82) is 0 Å². The third-order valence-corrected chi connectivity index (χ3v) is 9.74. The molecule has 2 atom stereocenters. The Bertz CT molecular complexity index is 3290. The quantitative estimate of drug-likeness (QED) is 0.0815. The van der Waals surface area contributed by atoms with Crippen LogP contribution in [0.3, 0.4) is 0 Å². The SMILES string of the molecule is CC(=O)O.CC(=O)O.C[C@@H](NC(=O)c1ncnc2c1cnn2C)c1cc(-c2ncc(-c3ccccc3)[nH]2)no1.C[C@@H](NC(=O)c1ncnc2c1cnn2C)c1cc(C(=O)NCC(=O)c2ccccc2)no1.N. The second kappa shape index (κ2) is 24.4. The molecule has 9 aromatic rings. The summed E-state index contributed by atoms with van der Waals surface area (Å²) in [6.45, 7) is 5.48. The van der Waals surface area contributed by atoms with Crippen molar-refractivity contribution in [3.8, 4) is 22.8 Å². The molecule has 9 rings (SSSR count). The Balaban J connectivity index is 0.000000230. The van der Waals surface area contributed by atoms with Gasteiger partial charge in [0.25, 0.3) is 29.7 Å². The van der Waals surface area contributed by atoms with Crippen LogP contribution < -0.4 is 22.1 Å². The van der Waals surface area contributed by atoms with Crippen molar-refractivity contribution in [2.75, 3.05) is 6.54 Å². The van der Waals surface area contributed by atoms with Crippen molar-refractivity contribution in [3.05, 3.63) is 138 Å². The number of amides is 3. The van der Waals surface area contributed by atoms with Crippen LogP contribution in [0.25, 0.3) is 44.8 Å². The van der Waals surface area contributed by atoms with Gasteiger partial charge < -0.3 is 46.3 Å². The van der Waals surface area contributed by atoms with Crippen LogP contribution in [0.2, 0.25) is 0 Å². The fourth-order valence-corrected chi connectivity index (χ4v) is 6.36. The van der Waals surface area contributed by atoms with Gasteiger partial charge in [-0.15, -0.1) is 0 Å². The van der Waals surface area contributed by atoms with Gasteiger partial charge in [-0.25, -0.2) is 24.9 Å². The van der Waals surface area contributed by atoms with Gasteiger partial charge in [0.05, 0.1) is 53.7 Å². The molecule has 0 spiro atoms. The molecule has 0 unspecified atom stereocenters. The Labute approximate surface area is 407 Å². The zero-order valence-electron chi connectivity index (χ0n) is 39.5. The van der Waals surface area contributed by atoms with Crippen LogP contribution in [0.4, 0.5) is 0 Å². The van der Waals surface area contributed by atoms with Crippen molar-refractivity contribution >= 4 is 57.5 Å². The number of ketones is 1. The van der Waals surface area contributed by atoms with E-state index in [4.69, 9.17) is 28.8 Å². The summed E-state index contributed by atoms with van der Waals surface area (Å²) in [6, 6.07) is 20.6. The first-order valence-electron chi connectivity index (χ1n) is 21.2. The molecule has 7 aromatic heterocycles. The minimum Gasteiger partial charge on any atom is -0.481 e. The number of benzene rings is 2. The Morgan fingerprint density at radius 2 is 1.14 bits per heavy atom. The van der Waals surface area contributed by atoms with E-state index in [9.17, 15) is 19.2 Å². The number of aliphatic carboxylic acids is 2. The van der Waals surface area contributed by atoms with E-state index in [-0.39, 0.29) is 47.2 Å². The van der Waals surface area contributed by atoms with Crippen molar-refractivity contribution in [2.24, 2.45) is 14.1 Å². The second-order valence-electron chi connectivity index (χ2n) is 15.1. The maximum Gasteiger partial charge on any atom is 0.300 e. The molecule has 0 aliphatic heterocycles. The minimum atomic E-state index is -0.833. The number of imidazole rings is 1. The summed E-state index contributed by atoms with van der Waals surface area (Å²) in [5, 5.41) is 40.1. The monoisotopic (exact) mass is 984 g/mol. The fraction of sp³-hybridized carbons (Fsp3) is 0.196. The number of carbonyl (C=O) groups excluding carboxylic acids is 4. The largest absolute Gasteiger partial charge is 0.481 e. The van der Waals surface area contributed by atoms with Gasteiger partial charge in [0.1, 0.15) is 29.7 Å². The molecule has 7 heterocycles. The Morgan fingerprint density at radius 3 is 1.67 bits per heavy atom. The molecule has 0 fully saturated rings. The highest BCUT2D eigenvalue weighted by molar-refractivity contribution is 6.04. The van der Waals surface area contributed by atoms with Gasteiger partial charge in [0.15, 0.2) is 40.1 Å². The number of nitrogens with zero attached hydrogens (tertiary/aromatic N) is 11. The number of carboxylic acids is 2. The van der Waals surface area contributed by atoms with Crippen molar-refractivity contribution < 1.29 is 48.0 Å². The average Bonchev–Trinajstić information content (AvgIpc) is 4.23. The lowest BCUT2D eigenvalue weighted by molar-refractivity contribution is -0.135. The normalized spacial score (nSPS) is 11.2. The Morgan fingerprint density at radius 1 is 0.653 bits per heavy atom. The minimum absolute atomic E-state index is 0. The average molecular weight is 985 g/mol. The van der Waals surface area contributed by atoms with Gasteiger partial charge in [0.2, 0.25) is 0 Å². The molecule has 0 aliphatic carbocycles. The highest BCUT2D eigenvalue weighted by Gasteiger charge is 2.23. The van der Waals surface area contributed by atoms with Gasteiger partial charge in [0, 0.05) is 45.6 Å². The molecule has 0 bridgehead atoms. The van der Waals surface area contributed by atoms with Gasteiger partial charge in [-0.1, -0.05) is 71.0 Å². The fourth-order valence-electron chi connectivity index (χ4n) is 6.36. The van der Waals surface area contributed by atoms with Crippen LogP contribution in [-0.4, -0.2) is 112 Å². The molecule has 0 aliphatic rings. The van der Waals surface area contributed by atoms with Crippen LogP contribution in [0.1, 0.15) is 93.1 Å². The highest BCUT2D eigenvalue weighted by atomic mass is 16.5. The number of fused-ring (bicyclic) bond motifs is 2. The van der Waals surface area contributed by atoms with E-state index in [2.05, 4.69) is 66.4 Å². The van der Waals surface area contributed by atoms with Gasteiger partial charge in [-0.3, -0.25) is 38.1 Å².